The van der Waals surface area contributed by atoms with E-state index in [1.165, 1.54) is 24.6 Å². The fourth-order valence-corrected chi connectivity index (χ4v) is 4.11. The second-order valence-corrected chi connectivity index (χ2v) is 11.3. The summed E-state index contributed by atoms with van der Waals surface area (Å²) < 4.78 is 6.43. The SMILES string of the molecule is CCC(C)(C)c1ccc(Oc2ccc(N)cc2C(=O)Nc2cccc(C(=O)N(N)C(C)=O)c2)c(C(C)(C)CC)c1. The fourth-order valence-electron chi connectivity index (χ4n) is 4.11. The third kappa shape index (κ3) is 6.69. The normalized spacial score (nSPS) is 11.6. The minimum Gasteiger partial charge on any atom is -0.456 e. The molecule has 0 aliphatic heterocycles. The van der Waals surface area contributed by atoms with Gasteiger partial charge in [-0.2, -0.15) is 0 Å². The second kappa shape index (κ2) is 11.9. The van der Waals surface area contributed by atoms with E-state index in [1.807, 2.05) is 6.07 Å². The van der Waals surface area contributed by atoms with Crippen LogP contribution in [-0.4, -0.2) is 22.7 Å². The van der Waals surface area contributed by atoms with E-state index in [2.05, 4.69) is 59.0 Å². The Hall–Kier alpha value is -4.17. The summed E-state index contributed by atoms with van der Waals surface area (Å²) in [5.74, 6) is 4.82. The van der Waals surface area contributed by atoms with Crippen molar-refractivity contribution in [1.29, 1.82) is 0 Å². The highest BCUT2D eigenvalue weighted by molar-refractivity contribution is 6.08. The molecule has 0 atom stereocenters. The minimum atomic E-state index is -0.683. The highest BCUT2D eigenvalue weighted by Crippen LogP contribution is 2.41. The molecule has 212 valence electrons. The van der Waals surface area contributed by atoms with Gasteiger partial charge >= 0.3 is 0 Å². The molecule has 3 amide bonds. The van der Waals surface area contributed by atoms with Crippen molar-refractivity contribution in [3.8, 4) is 11.5 Å². The lowest BCUT2D eigenvalue weighted by molar-refractivity contribution is -0.126. The molecule has 3 aromatic rings. The molecule has 3 rings (SSSR count). The van der Waals surface area contributed by atoms with Crippen molar-refractivity contribution in [1.82, 2.24) is 5.01 Å². The number of nitrogens with one attached hydrogen (secondary N) is 1. The van der Waals surface area contributed by atoms with Crippen molar-refractivity contribution in [3.05, 3.63) is 82.9 Å². The van der Waals surface area contributed by atoms with Crippen molar-refractivity contribution in [2.75, 3.05) is 11.1 Å². The Bertz CT molecular complexity index is 1430. The lowest BCUT2D eigenvalue weighted by Crippen LogP contribution is -2.41. The molecule has 0 aromatic heterocycles. The number of anilines is 2. The van der Waals surface area contributed by atoms with Gasteiger partial charge in [0.1, 0.15) is 11.5 Å². The summed E-state index contributed by atoms with van der Waals surface area (Å²) in [4.78, 5) is 37.4. The molecule has 0 unspecified atom stereocenters. The first kappa shape index (κ1) is 30.4. The van der Waals surface area contributed by atoms with Crippen LogP contribution in [0.2, 0.25) is 0 Å². The number of ether oxygens (including phenoxy) is 1. The second-order valence-electron chi connectivity index (χ2n) is 11.3. The number of hydrogen-bond acceptors (Lipinski definition) is 6. The number of hydrazine groups is 1. The first-order valence-electron chi connectivity index (χ1n) is 13.4. The van der Waals surface area contributed by atoms with Crippen molar-refractivity contribution in [2.24, 2.45) is 5.84 Å². The number of carbonyl (C=O) groups excluding carboxylic acids is 3. The van der Waals surface area contributed by atoms with Crippen LogP contribution in [0.3, 0.4) is 0 Å². The number of rotatable bonds is 9. The molecule has 0 spiro atoms. The Labute approximate surface area is 236 Å². The van der Waals surface area contributed by atoms with Gasteiger partial charge in [-0.1, -0.05) is 59.7 Å². The molecular formula is C32H40N4O4. The van der Waals surface area contributed by atoms with Crippen molar-refractivity contribution < 1.29 is 19.1 Å². The van der Waals surface area contributed by atoms with Crippen LogP contribution >= 0.6 is 0 Å². The van der Waals surface area contributed by atoms with Crippen LogP contribution in [0.5, 0.6) is 11.5 Å². The fraction of sp³-hybridized carbons (Fsp3) is 0.344. The van der Waals surface area contributed by atoms with E-state index in [4.69, 9.17) is 16.3 Å². The zero-order chi connectivity index (χ0) is 29.8. The third-order valence-corrected chi connectivity index (χ3v) is 7.65. The van der Waals surface area contributed by atoms with Crippen molar-refractivity contribution in [2.45, 2.75) is 72.1 Å². The maximum absolute atomic E-state index is 13.4. The van der Waals surface area contributed by atoms with Gasteiger partial charge in [0.2, 0.25) is 5.91 Å². The summed E-state index contributed by atoms with van der Waals surface area (Å²) in [7, 11) is 0. The number of nitrogen functional groups attached to an aromatic ring is 1. The molecule has 0 saturated heterocycles. The van der Waals surface area contributed by atoms with Crippen LogP contribution in [0.4, 0.5) is 11.4 Å². The molecule has 0 radical (unpaired) electrons. The Kier molecular flexibility index (Phi) is 9.05. The van der Waals surface area contributed by atoms with Crippen molar-refractivity contribution in [3.63, 3.8) is 0 Å². The lowest BCUT2D eigenvalue weighted by atomic mass is 9.76. The van der Waals surface area contributed by atoms with Crippen LogP contribution in [0.25, 0.3) is 0 Å². The summed E-state index contributed by atoms with van der Waals surface area (Å²) in [6.45, 7) is 14.3. The zero-order valence-corrected chi connectivity index (χ0v) is 24.4. The van der Waals surface area contributed by atoms with Gasteiger partial charge in [-0.05, 0) is 71.7 Å². The molecule has 40 heavy (non-hydrogen) atoms. The highest BCUT2D eigenvalue weighted by atomic mass is 16.5. The molecule has 3 aromatic carbocycles. The van der Waals surface area contributed by atoms with Crippen LogP contribution in [0, 0.1) is 0 Å². The first-order chi connectivity index (χ1) is 18.7. The molecule has 0 bridgehead atoms. The van der Waals surface area contributed by atoms with E-state index in [9.17, 15) is 14.4 Å². The largest absolute Gasteiger partial charge is 0.456 e. The number of imide groups is 1. The first-order valence-corrected chi connectivity index (χ1v) is 13.4. The van der Waals surface area contributed by atoms with Crippen LogP contribution < -0.4 is 21.6 Å². The van der Waals surface area contributed by atoms with Crippen LogP contribution in [0.15, 0.2) is 60.7 Å². The summed E-state index contributed by atoms with van der Waals surface area (Å²) in [5, 5.41) is 3.32. The third-order valence-electron chi connectivity index (χ3n) is 7.65. The topological polar surface area (TPSA) is 128 Å². The maximum Gasteiger partial charge on any atom is 0.274 e. The molecule has 0 aliphatic rings. The number of amides is 3. The molecule has 5 N–H and O–H groups in total. The monoisotopic (exact) mass is 544 g/mol. The van der Waals surface area contributed by atoms with Gasteiger partial charge in [0.15, 0.2) is 0 Å². The quantitative estimate of drug-likeness (QED) is 0.121. The van der Waals surface area contributed by atoms with Gasteiger partial charge in [0, 0.05) is 29.4 Å². The summed E-state index contributed by atoms with van der Waals surface area (Å²) in [6.07, 6.45) is 1.89. The molecule has 0 fully saturated rings. The minimum absolute atomic E-state index is 0.00458. The van der Waals surface area contributed by atoms with Gasteiger partial charge in [0.25, 0.3) is 11.8 Å². The van der Waals surface area contributed by atoms with E-state index in [0.717, 1.165) is 18.4 Å². The van der Waals surface area contributed by atoms with E-state index < -0.39 is 17.7 Å². The Morgan fingerprint density at radius 1 is 0.875 bits per heavy atom. The number of nitrogens with two attached hydrogens (primary N) is 2. The van der Waals surface area contributed by atoms with E-state index in [-0.39, 0.29) is 22.0 Å². The molecule has 0 aliphatic carbocycles. The zero-order valence-electron chi connectivity index (χ0n) is 24.4. The van der Waals surface area contributed by atoms with Gasteiger partial charge < -0.3 is 15.8 Å². The molecule has 8 heteroatoms. The number of carbonyl (C=O) groups is 3. The highest BCUT2D eigenvalue weighted by Gasteiger charge is 2.28. The lowest BCUT2D eigenvalue weighted by Gasteiger charge is -2.30. The Balaban J connectivity index is 1.98. The van der Waals surface area contributed by atoms with E-state index >= 15 is 0 Å². The number of hydrogen-bond donors (Lipinski definition) is 3. The number of nitrogens with zero attached hydrogens (tertiary/aromatic N) is 1. The Morgan fingerprint density at radius 3 is 2.15 bits per heavy atom. The van der Waals surface area contributed by atoms with Gasteiger partial charge in [-0.25, -0.2) is 10.9 Å². The smallest absolute Gasteiger partial charge is 0.274 e. The molecule has 0 saturated carbocycles. The number of benzene rings is 3. The maximum atomic E-state index is 13.4. The average Bonchev–Trinajstić information content (AvgIpc) is 2.93. The predicted octanol–water partition coefficient (Wildman–Crippen LogP) is 6.55. The predicted molar refractivity (Wildman–Crippen MR) is 159 cm³/mol. The van der Waals surface area contributed by atoms with Crippen LogP contribution in [0.1, 0.15) is 93.2 Å². The molecule has 0 heterocycles. The Morgan fingerprint density at radius 2 is 1.52 bits per heavy atom. The summed E-state index contributed by atoms with van der Waals surface area (Å²) in [6, 6.07) is 17.4. The van der Waals surface area contributed by atoms with Crippen LogP contribution in [-0.2, 0) is 15.6 Å². The average molecular weight is 545 g/mol. The molecule has 8 nitrogen and oxygen atoms in total. The van der Waals surface area contributed by atoms with Crippen molar-refractivity contribution >= 4 is 29.1 Å². The molecular weight excluding hydrogens is 504 g/mol. The summed E-state index contributed by atoms with van der Waals surface area (Å²) >= 11 is 0. The standard InChI is InChI=1S/C32H40N4O4/c1-8-31(4,5)22-13-15-28(26(18-22)32(6,7)9-2)40-27-16-14-23(33)19-25(27)29(38)35-24-12-10-11-21(17-24)30(39)36(34)20(3)37/h10-19H,8-9,33-34H2,1-7H3,(H,35,38). The van der Waals surface area contributed by atoms with Gasteiger partial charge in [-0.15, -0.1) is 0 Å². The van der Waals surface area contributed by atoms with E-state index in [1.54, 1.807) is 30.3 Å². The van der Waals surface area contributed by atoms with E-state index in [0.29, 0.717) is 27.9 Å². The summed E-state index contributed by atoms with van der Waals surface area (Å²) in [5.41, 5.74) is 9.30. The van der Waals surface area contributed by atoms with Gasteiger partial charge in [0.05, 0.1) is 5.56 Å². The van der Waals surface area contributed by atoms with Gasteiger partial charge in [-0.3, -0.25) is 14.4 Å².